The molecule has 0 aromatic carbocycles. The molecule has 4 fully saturated rings. The van der Waals surface area contributed by atoms with E-state index >= 15 is 0 Å². The van der Waals surface area contributed by atoms with Crippen LogP contribution in [-0.4, -0.2) is 27.0 Å². The zero-order valence-electron chi connectivity index (χ0n) is 9.32. The first kappa shape index (κ1) is 11.0. The highest BCUT2D eigenvalue weighted by Gasteiger charge is 2.58. The van der Waals surface area contributed by atoms with Crippen molar-refractivity contribution >= 4 is 21.6 Å². The Morgan fingerprint density at radius 2 is 1.88 bits per heavy atom. The number of aliphatic hydroxyl groups is 1. The van der Waals surface area contributed by atoms with Gasteiger partial charge < -0.3 is 10.3 Å². The Balaban J connectivity index is 1.97. The quantitative estimate of drug-likeness (QED) is 0.355. The van der Waals surface area contributed by atoms with E-state index in [0.717, 1.165) is 31.1 Å². The Labute approximate surface area is 104 Å². The lowest BCUT2D eigenvalue weighted by molar-refractivity contribution is 0.00332. The molecule has 4 rings (SSSR count). The first-order chi connectivity index (χ1) is 7.59. The van der Waals surface area contributed by atoms with Gasteiger partial charge in [-0.2, -0.15) is 0 Å². The molecule has 4 heteroatoms. The second-order valence-corrected chi connectivity index (χ2v) is 7.78. The van der Waals surface area contributed by atoms with Crippen molar-refractivity contribution in [2.24, 2.45) is 22.4 Å². The van der Waals surface area contributed by atoms with Crippen LogP contribution in [0, 0.1) is 17.3 Å². The van der Waals surface area contributed by atoms with E-state index < -0.39 is 0 Å². The fraction of sp³-hybridized carbons (Fsp3) is 0.917. The van der Waals surface area contributed by atoms with Gasteiger partial charge in [-0.3, -0.25) is 0 Å². The summed E-state index contributed by atoms with van der Waals surface area (Å²) in [6.45, 7) is -0.0982. The number of halogens is 1. The fourth-order valence-electron chi connectivity index (χ4n) is 4.79. The molecule has 3 nitrogen and oxygen atoms in total. The van der Waals surface area contributed by atoms with Gasteiger partial charge in [-0.25, -0.2) is 0 Å². The summed E-state index contributed by atoms with van der Waals surface area (Å²) in [5.74, 6) is 1.51. The van der Waals surface area contributed by atoms with Crippen LogP contribution in [0.15, 0.2) is 5.16 Å². The normalized spacial score (nSPS) is 51.0. The molecule has 2 unspecified atom stereocenters. The van der Waals surface area contributed by atoms with E-state index in [2.05, 4.69) is 21.1 Å². The van der Waals surface area contributed by atoms with Gasteiger partial charge in [0.1, 0.15) is 0 Å². The van der Waals surface area contributed by atoms with Crippen molar-refractivity contribution in [3.63, 3.8) is 0 Å². The molecule has 0 aromatic rings. The largest absolute Gasteiger partial charge is 0.411 e. The second-order valence-electron chi connectivity index (χ2n) is 6.10. The maximum absolute atomic E-state index is 9.36. The van der Waals surface area contributed by atoms with Crippen LogP contribution < -0.4 is 0 Å². The van der Waals surface area contributed by atoms with Gasteiger partial charge in [-0.15, -0.1) is 0 Å². The molecule has 0 amide bonds. The zero-order chi connectivity index (χ0) is 11.4. The molecule has 0 aromatic heterocycles. The minimum atomic E-state index is -0.0982. The highest BCUT2D eigenvalue weighted by Crippen LogP contribution is 2.64. The van der Waals surface area contributed by atoms with Gasteiger partial charge >= 0.3 is 0 Å². The first-order valence-corrected chi connectivity index (χ1v) is 6.90. The van der Waals surface area contributed by atoms with Crippen molar-refractivity contribution in [1.82, 2.24) is 0 Å². The van der Waals surface area contributed by atoms with Gasteiger partial charge in [0.15, 0.2) is 0 Å². The second kappa shape index (κ2) is 3.45. The van der Waals surface area contributed by atoms with Crippen molar-refractivity contribution in [1.29, 1.82) is 0 Å². The molecule has 0 spiro atoms. The van der Waals surface area contributed by atoms with Gasteiger partial charge in [0.2, 0.25) is 0 Å². The average molecular weight is 288 g/mol. The average Bonchev–Trinajstić information content (AvgIpc) is 2.14. The SMILES string of the molecule is OC/C(=N\O)C12CC3CC(CC(Br)(C3)C1)C2. The standard InChI is InChI=1S/C12H18BrNO2/c13-12-4-8-1-9(5-12)3-11(2-8,7-12)10(6-15)14-16/h8-9,15-16H,1-7H2/b14-10+. The maximum Gasteiger partial charge on any atom is 0.0886 e. The topological polar surface area (TPSA) is 52.8 Å². The summed E-state index contributed by atoms with van der Waals surface area (Å²) in [5, 5.41) is 21.8. The number of rotatable bonds is 2. The Morgan fingerprint density at radius 3 is 2.31 bits per heavy atom. The van der Waals surface area contributed by atoms with Crippen molar-refractivity contribution < 1.29 is 10.3 Å². The van der Waals surface area contributed by atoms with Gasteiger partial charge in [0.05, 0.1) is 12.3 Å². The van der Waals surface area contributed by atoms with Crippen LogP contribution in [0.25, 0.3) is 0 Å². The van der Waals surface area contributed by atoms with E-state index in [9.17, 15) is 5.11 Å². The molecule has 0 heterocycles. The fourth-order valence-corrected chi connectivity index (χ4v) is 6.25. The number of nitrogens with zero attached hydrogens (tertiary/aromatic N) is 1. The van der Waals surface area contributed by atoms with Gasteiger partial charge in [0.25, 0.3) is 0 Å². The predicted molar refractivity (Wildman–Crippen MR) is 65.1 cm³/mol. The summed E-state index contributed by atoms with van der Waals surface area (Å²) < 4.78 is 0.252. The summed E-state index contributed by atoms with van der Waals surface area (Å²) >= 11 is 3.90. The van der Waals surface area contributed by atoms with Crippen LogP contribution in [0.5, 0.6) is 0 Å². The lowest BCUT2D eigenvalue weighted by Crippen LogP contribution is -2.56. The minimum Gasteiger partial charge on any atom is -0.411 e. The minimum absolute atomic E-state index is 0.0168. The molecule has 0 radical (unpaired) electrons. The number of alkyl halides is 1. The highest BCUT2D eigenvalue weighted by molar-refractivity contribution is 9.10. The van der Waals surface area contributed by atoms with E-state index in [1.54, 1.807) is 0 Å². The number of hydrogen-bond acceptors (Lipinski definition) is 3. The predicted octanol–water partition coefficient (Wildman–Crippen LogP) is 2.54. The number of aliphatic hydroxyl groups excluding tert-OH is 1. The van der Waals surface area contributed by atoms with Crippen LogP contribution in [0.1, 0.15) is 38.5 Å². The van der Waals surface area contributed by atoms with E-state index in [-0.39, 0.29) is 16.3 Å². The van der Waals surface area contributed by atoms with Crippen LogP contribution in [0.4, 0.5) is 0 Å². The molecule has 4 aliphatic carbocycles. The van der Waals surface area contributed by atoms with Crippen molar-refractivity contribution in [3.05, 3.63) is 0 Å². The molecule has 2 atom stereocenters. The zero-order valence-corrected chi connectivity index (χ0v) is 10.9. The lowest BCUT2D eigenvalue weighted by Gasteiger charge is -2.60. The molecule has 4 bridgehead atoms. The third-order valence-electron chi connectivity index (χ3n) is 4.87. The van der Waals surface area contributed by atoms with Crippen molar-refractivity contribution in [2.75, 3.05) is 6.61 Å². The van der Waals surface area contributed by atoms with Gasteiger partial charge in [-0.1, -0.05) is 21.1 Å². The van der Waals surface area contributed by atoms with Crippen molar-refractivity contribution in [2.45, 2.75) is 42.8 Å². The van der Waals surface area contributed by atoms with Crippen LogP contribution in [0.2, 0.25) is 0 Å². The summed E-state index contributed by atoms with van der Waals surface area (Å²) in [7, 11) is 0. The summed E-state index contributed by atoms with van der Waals surface area (Å²) in [6, 6.07) is 0. The van der Waals surface area contributed by atoms with E-state index in [0.29, 0.717) is 5.71 Å². The number of hydrogen-bond donors (Lipinski definition) is 2. The summed E-state index contributed by atoms with van der Waals surface area (Å²) in [6.07, 6.45) is 7.10. The lowest BCUT2D eigenvalue weighted by atomic mass is 9.48. The Bertz CT molecular complexity index is 328. The Morgan fingerprint density at radius 1 is 1.25 bits per heavy atom. The van der Waals surface area contributed by atoms with Crippen LogP contribution in [-0.2, 0) is 0 Å². The molecule has 16 heavy (non-hydrogen) atoms. The van der Waals surface area contributed by atoms with Crippen molar-refractivity contribution in [3.8, 4) is 0 Å². The Hall–Kier alpha value is -0.0900. The number of oxime groups is 1. The maximum atomic E-state index is 9.36. The molecular weight excluding hydrogens is 270 g/mol. The van der Waals surface area contributed by atoms with Crippen LogP contribution in [0.3, 0.4) is 0 Å². The first-order valence-electron chi connectivity index (χ1n) is 6.10. The van der Waals surface area contributed by atoms with E-state index in [1.807, 2.05) is 0 Å². The third-order valence-corrected chi connectivity index (χ3v) is 5.80. The molecule has 2 N–H and O–H groups in total. The molecule has 90 valence electrons. The highest BCUT2D eigenvalue weighted by atomic mass is 79.9. The van der Waals surface area contributed by atoms with E-state index in [1.165, 1.54) is 19.3 Å². The van der Waals surface area contributed by atoms with Gasteiger partial charge in [-0.05, 0) is 50.4 Å². The summed E-state index contributed by atoms with van der Waals surface area (Å²) in [4.78, 5) is 0. The molecule has 4 saturated carbocycles. The summed E-state index contributed by atoms with van der Waals surface area (Å²) in [5.41, 5.74) is 0.599. The smallest absolute Gasteiger partial charge is 0.0886 e. The molecular formula is C12H18BrNO2. The molecule has 4 aliphatic rings. The van der Waals surface area contributed by atoms with Crippen LogP contribution >= 0.6 is 15.9 Å². The third kappa shape index (κ3) is 1.46. The molecule has 0 saturated heterocycles. The van der Waals surface area contributed by atoms with E-state index in [4.69, 9.17) is 5.21 Å². The Kier molecular flexibility index (Phi) is 2.38. The molecule has 0 aliphatic heterocycles. The monoisotopic (exact) mass is 287 g/mol. The van der Waals surface area contributed by atoms with Gasteiger partial charge in [0, 0.05) is 9.74 Å².